The van der Waals surface area contributed by atoms with Crippen molar-refractivity contribution in [3.63, 3.8) is 0 Å². The molecule has 1 aromatic carbocycles. The number of aromatic nitrogens is 3. The summed E-state index contributed by atoms with van der Waals surface area (Å²) >= 11 is 0. The van der Waals surface area contributed by atoms with Crippen molar-refractivity contribution in [3.8, 4) is 22.5 Å². The van der Waals surface area contributed by atoms with Crippen molar-refractivity contribution in [2.24, 2.45) is 0 Å². The number of pyridine rings is 1. The molecule has 0 fully saturated rings. The van der Waals surface area contributed by atoms with E-state index in [0.29, 0.717) is 0 Å². The number of rotatable bonds is 3. The first-order valence-corrected chi connectivity index (χ1v) is 7.66. The van der Waals surface area contributed by atoms with Gasteiger partial charge >= 0.3 is 0 Å². The van der Waals surface area contributed by atoms with Gasteiger partial charge in [-0.05, 0) is 42.8 Å². The van der Waals surface area contributed by atoms with Gasteiger partial charge in [0.1, 0.15) is 11.6 Å². The van der Waals surface area contributed by atoms with Gasteiger partial charge < -0.3 is 9.67 Å². The smallest absolute Gasteiger partial charge is 0.123 e. The minimum atomic E-state index is -0.265. The molecule has 0 spiro atoms. The zero-order valence-corrected chi connectivity index (χ0v) is 12.5. The number of halogens is 1. The fraction of sp³-hybridized carbons (Fsp3) is 0.222. The molecule has 116 valence electrons. The molecule has 1 aliphatic rings. The summed E-state index contributed by atoms with van der Waals surface area (Å²) in [5, 5.41) is 9.69. The monoisotopic (exact) mass is 309 g/mol. The number of aliphatic hydroxyl groups excluding tert-OH is 1. The summed E-state index contributed by atoms with van der Waals surface area (Å²) in [6, 6.07) is 10.3. The van der Waals surface area contributed by atoms with Crippen LogP contribution in [0, 0.1) is 5.82 Å². The molecule has 1 atom stereocenters. The third kappa shape index (κ3) is 2.33. The molecular formula is C18H16FN3O. The first-order chi connectivity index (χ1) is 11.3. The van der Waals surface area contributed by atoms with E-state index in [2.05, 4.69) is 9.55 Å². The van der Waals surface area contributed by atoms with Crippen LogP contribution in [0.2, 0.25) is 0 Å². The maximum absolute atomic E-state index is 13.2. The van der Waals surface area contributed by atoms with Gasteiger partial charge in [-0.3, -0.25) is 4.98 Å². The Hall–Kier alpha value is -2.53. The third-order valence-electron chi connectivity index (χ3n) is 4.33. The second-order valence-electron chi connectivity index (χ2n) is 5.71. The number of nitrogens with zero attached hydrogens (tertiary/aromatic N) is 3. The van der Waals surface area contributed by atoms with Crippen molar-refractivity contribution in [2.45, 2.75) is 18.9 Å². The standard InChI is InChI=1S/C18H16FN3O/c19-14-3-1-12(2-4-14)17-18(13-7-9-20-10-8-13)22-15(11-23)5-6-16(22)21-17/h1-4,7-10,15,23H,5-6,11H2/t15-/m0/s1. The van der Waals surface area contributed by atoms with E-state index >= 15 is 0 Å². The number of hydrogen-bond acceptors (Lipinski definition) is 3. The lowest BCUT2D eigenvalue weighted by atomic mass is 10.0. The highest BCUT2D eigenvalue weighted by Gasteiger charge is 2.29. The molecule has 0 amide bonds. The minimum absolute atomic E-state index is 0.0369. The van der Waals surface area contributed by atoms with Gasteiger partial charge in [0, 0.05) is 29.9 Å². The van der Waals surface area contributed by atoms with Gasteiger partial charge in [-0.1, -0.05) is 0 Å². The summed E-state index contributed by atoms with van der Waals surface area (Å²) in [6.07, 6.45) is 5.21. The van der Waals surface area contributed by atoms with Gasteiger partial charge in [0.05, 0.1) is 24.0 Å². The second kappa shape index (κ2) is 5.59. The summed E-state index contributed by atoms with van der Waals surface area (Å²) in [5.41, 5.74) is 3.66. The Labute approximate surface area is 133 Å². The van der Waals surface area contributed by atoms with Crippen molar-refractivity contribution in [1.29, 1.82) is 0 Å². The molecule has 0 aliphatic carbocycles. The van der Waals surface area contributed by atoms with Gasteiger partial charge in [0.15, 0.2) is 0 Å². The van der Waals surface area contributed by atoms with E-state index in [4.69, 9.17) is 4.98 Å². The average Bonchev–Trinajstić information content (AvgIpc) is 3.15. The maximum Gasteiger partial charge on any atom is 0.123 e. The molecule has 0 unspecified atom stereocenters. The molecule has 0 radical (unpaired) electrons. The van der Waals surface area contributed by atoms with Crippen LogP contribution in [0.4, 0.5) is 4.39 Å². The Kier molecular flexibility index (Phi) is 3.42. The Morgan fingerprint density at radius 1 is 1.09 bits per heavy atom. The van der Waals surface area contributed by atoms with Gasteiger partial charge in [-0.15, -0.1) is 0 Å². The van der Waals surface area contributed by atoms with Crippen molar-refractivity contribution in [3.05, 3.63) is 60.4 Å². The molecular weight excluding hydrogens is 293 g/mol. The topological polar surface area (TPSA) is 50.9 Å². The number of fused-ring (bicyclic) bond motifs is 1. The molecule has 2 aromatic heterocycles. The molecule has 5 heteroatoms. The first-order valence-electron chi connectivity index (χ1n) is 7.66. The number of benzene rings is 1. The normalized spacial score (nSPS) is 16.5. The Morgan fingerprint density at radius 3 is 2.52 bits per heavy atom. The van der Waals surface area contributed by atoms with E-state index in [1.807, 2.05) is 12.1 Å². The van der Waals surface area contributed by atoms with Gasteiger partial charge in [0.2, 0.25) is 0 Å². The summed E-state index contributed by atoms with van der Waals surface area (Å²) in [4.78, 5) is 8.85. The van der Waals surface area contributed by atoms with Crippen molar-refractivity contribution in [1.82, 2.24) is 14.5 Å². The van der Waals surface area contributed by atoms with Crippen LogP contribution in [0.1, 0.15) is 18.3 Å². The van der Waals surface area contributed by atoms with E-state index in [1.54, 1.807) is 24.5 Å². The van der Waals surface area contributed by atoms with Crippen molar-refractivity contribution in [2.75, 3.05) is 6.61 Å². The molecule has 0 bridgehead atoms. The zero-order valence-electron chi connectivity index (χ0n) is 12.5. The molecule has 1 N–H and O–H groups in total. The van der Waals surface area contributed by atoms with E-state index in [-0.39, 0.29) is 18.5 Å². The molecule has 3 heterocycles. The lowest BCUT2D eigenvalue weighted by Crippen LogP contribution is -2.09. The fourth-order valence-corrected chi connectivity index (χ4v) is 3.24. The lowest BCUT2D eigenvalue weighted by molar-refractivity contribution is 0.234. The highest BCUT2D eigenvalue weighted by Crippen LogP contribution is 2.39. The number of imidazole rings is 1. The Morgan fingerprint density at radius 2 is 1.83 bits per heavy atom. The minimum Gasteiger partial charge on any atom is -0.394 e. The van der Waals surface area contributed by atoms with Crippen LogP contribution in [-0.2, 0) is 6.42 Å². The number of aliphatic hydroxyl groups is 1. The average molecular weight is 309 g/mol. The van der Waals surface area contributed by atoms with Gasteiger partial charge in [0.25, 0.3) is 0 Å². The van der Waals surface area contributed by atoms with Crippen molar-refractivity contribution >= 4 is 0 Å². The highest BCUT2D eigenvalue weighted by atomic mass is 19.1. The molecule has 4 rings (SSSR count). The Balaban J connectivity index is 1.95. The van der Waals surface area contributed by atoms with Crippen LogP contribution in [0.15, 0.2) is 48.8 Å². The predicted molar refractivity (Wildman–Crippen MR) is 85.3 cm³/mol. The first kappa shape index (κ1) is 14.1. The van der Waals surface area contributed by atoms with Crippen LogP contribution in [0.3, 0.4) is 0 Å². The second-order valence-corrected chi connectivity index (χ2v) is 5.71. The summed E-state index contributed by atoms with van der Waals surface area (Å²) in [7, 11) is 0. The zero-order chi connectivity index (χ0) is 15.8. The molecule has 23 heavy (non-hydrogen) atoms. The van der Waals surface area contributed by atoms with Gasteiger partial charge in [-0.2, -0.15) is 0 Å². The van der Waals surface area contributed by atoms with Crippen molar-refractivity contribution < 1.29 is 9.50 Å². The van der Waals surface area contributed by atoms with Gasteiger partial charge in [-0.25, -0.2) is 9.37 Å². The summed E-state index contributed by atoms with van der Waals surface area (Å²) in [6.45, 7) is 0.0876. The fourth-order valence-electron chi connectivity index (χ4n) is 3.24. The quantitative estimate of drug-likeness (QED) is 0.808. The number of hydrogen-bond donors (Lipinski definition) is 1. The van der Waals surface area contributed by atoms with Crippen LogP contribution in [0.5, 0.6) is 0 Å². The van der Waals surface area contributed by atoms with Crippen LogP contribution in [0.25, 0.3) is 22.5 Å². The van der Waals surface area contributed by atoms with E-state index in [1.165, 1.54) is 12.1 Å². The number of aryl methyl sites for hydroxylation is 1. The molecule has 3 aromatic rings. The third-order valence-corrected chi connectivity index (χ3v) is 4.33. The van der Waals surface area contributed by atoms with Crippen LogP contribution < -0.4 is 0 Å². The largest absolute Gasteiger partial charge is 0.394 e. The van der Waals surface area contributed by atoms with Crippen LogP contribution in [-0.4, -0.2) is 26.2 Å². The summed E-state index contributed by atoms with van der Waals surface area (Å²) in [5.74, 6) is 0.703. The molecule has 0 saturated carbocycles. The summed E-state index contributed by atoms with van der Waals surface area (Å²) < 4.78 is 15.4. The molecule has 4 nitrogen and oxygen atoms in total. The van der Waals surface area contributed by atoms with E-state index in [9.17, 15) is 9.50 Å². The molecule has 0 saturated heterocycles. The highest BCUT2D eigenvalue weighted by molar-refractivity contribution is 5.79. The van der Waals surface area contributed by atoms with Crippen LogP contribution >= 0.6 is 0 Å². The van der Waals surface area contributed by atoms with E-state index < -0.39 is 0 Å². The lowest BCUT2D eigenvalue weighted by Gasteiger charge is -2.15. The SMILES string of the molecule is OC[C@@H]1CCc2nc(-c3ccc(F)cc3)c(-c3ccncc3)n21. The van der Waals surface area contributed by atoms with E-state index in [0.717, 1.165) is 41.2 Å². The predicted octanol–water partition coefficient (Wildman–Crippen LogP) is 3.23. The Bertz CT molecular complexity index is 827. The molecule has 1 aliphatic heterocycles. The maximum atomic E-state index is 13.2.